The van der Waals surface area contributed by atoms with Gasteiger partial charge in [-0.3, -0.25) is 0 Å². The third-order valence-electron chi connectivity index (χ3n) is 5.27. The first-order valence-electron chi connectivity index (χ1n) is 8.58. The Morgan fingerprint density at radius 2 is 1.91 bits per heavy atom. The molecule has 1 aromatic carbocycles. The normalized spacial score (nSPS) is 24.1. The first-order valence-corrected chi connectivity index (χ1v) is 8.96. The summed E-state index contributed by atoms with van der Waals surface area (Å²) >= 11 is 6.21. The zero-order chi connectivity index (χ0) is 15.4. The summed E-state index contributed by atoms with van der Waals surface area (Å²) in [5, 5.41) is 15.5. The van der Waals surface area contributed by atoms with Gasteiger partial charge in [-0.2, -0.15) is 0 Å². The largest absolute Gasteiger partial charge is 0.389 e. The molecule has 1 saturated heterocycles. The van der Waals surface area contributed by atoms with Gasteiger partial charge in [0, 0.05) is 43.7 Å². The van der Waals surface area contributed by atoms with Gasteiger partial charge in [0.25, 0.3) is 0 Å². The molecule has 1 aromatic rings. The number of benzene rings is 1. The summed E-state index contributed by atoms with van der Waals surface area (Å²) in [6.07, 6.45) is 5.34. The van der Waals surface area contributed by atoms with E-state index in [1.54, 1.807) is 0 Å². The van der Waals surface area contributed by atoms with Gasteiger partial charge in [-0.1, -0.05) is 43.0 Å². The number of halogens is 1. The molecule has 2 aliphatic rings. The summed E-state index contributed by atoms with van der Waals surface area (Å²) in [6.45, 7) is 5.14. The van der Waals surface area contributed by atoms with Crippen LogP contribution < -0.4 is 5.32 Å². The Labute approximate surface area is 138 Å². The lowest BCUT2D eigenvalue weighted by Gasteiger charge is -2.42. The maximum atomic E-state index is 11.3. The van der Waals surface area contributed by atoms with Crippen molar-refractivity contribution in [2.24, 2.45) is 0 Å². The van der Waals surface area contributed by atoms with Crippen LogP contribution in [0.1, 0.15) is 43.6 Å². The Morgan fingerprint density at radius 3 is 2.59 bits per heavy atom. The molecule has 3 nitrogen and oxygen atoms in total. The Morgan fingerprint density at radius 1 is 1.18 bits per heavy atom. The highest BCUT2D eigenvalue weighted by Crippen LogP contribution is 2.41. The summed E-state index contributed by atoms with van der Waals surface area (Å²) in [7, 11) is 0. The fourth-order valence-corrected chi connectivity index (χ4v) is 4.17. The van der Waals surface area contributed by atoms with Crippen molar-refractivity contribution in [3.05, 3.63) is 34.9 Å². The lowest BCUT2D eigenvalue weighted by molar-refractivity contribution is -0.0316. The summed E-state index contributed by atoms with van der Waals surface area (Å²) in [5.74, 6) is 0.157. The SMILES string of the molecule is OC1([C@H](CN2CCNCC2)c2cccc(Cl)c2)CCCCC1. The van der Waals surface area contributed by atoms with Gasteiger partial charge in [-0.05, 0) is 30.5 Å². The van der Waals surface area contributed by atoms with Gasteiger partial charge in [-0.15, -0.1) is 0 Å². The van der Waals surface area contributed by atoms with E-state index < -0.39 is 5.60 Å². The Bertz CT molecular complexity index is 482. The van der Waals surface area contributed by atoms with E-state index in [0.29, 0.717) is 0 Å². The van der Waals surface area contributed by atoms with Crippen molar-refractivity contribution in [1.29, 1.82) is 0 Å². The quantitative estimate of drug-likeness (QED) is 0.894. The van der Waals surface area contributed by atoms with Gasteiger partial charge >= 0.3 is 0 Å². The van der Waals surface area contributed by atoms with Crippen LogP contribution in [0.2, 0.25) is 5.02 Å². The van der Waals surface area contributed by atoms with Gasteiger partial charge < -0.3 is 15.3 Å². The molecular weight excluding hydrogens is 296 g/mol. The number of piperazine rings is 1. The minimum atomic E-state index is -0.576. The topological polar surface area (TPSA) is 35.5 Å². The Balaban J connectivity index is 1.83. The average molecular weight is 323 g/mol. The number of nitrogens with one attached hydrogen (secondary N) is 1. The van der Waals surface area contributed by atoms with Gasteiger partial charge in [0.1, 0.15) is 0 Å². The lowest BCUT2D eigenvalue weighted by atomic mass is 9.72. The van der Waals surface area contributed by atoms with E-state index in [0.717, 1.165) is 63.4 Å². The first kappa shape index (κ1) is 16.3. The predicted molar refractivity (Wildman–Crippen MR) is 91.5 cm³/mol. The van der Waals surface area contributed by atoms with Crippen LogP contribution in [0.15, 0.2) is 24.3 Å². The smallest absolute Gasteiger partial charge is 0.0728 e. The van der Waals surface area contributed by atoms with Crippen molar-refractivity contribution in [1.82, 2.24) is 10.2 Å². The van der Waals surface area contributed by atoms with Crippen LogP contribution in [0.3, 0.4) is 0 Å². The zero-order valence-electron chi connectivity index (χ0n) is 13.2. The molecule has 1 saturated carbocycles. The van der Waals surface area contributed by atoms with Crippen LogP contribution in [0.4, 0.5) is 0 Å². The summed E-state index contributed by atoms with van der Waals surface area (Å²) in [4.78, 5) is 2.48. The van der Waals surface area contributed by atoms with Crippen molar-refractivity contribution >= 4 is 11.6 Å². The second-order valence-corrected chi connectivity index (χ2v) is 7.26. The lowest BCUT2D eigenvalue weighted by Crippen LogP contribution is -2.49. The van der Waals surface area contributed by atoms with Crippen LogP contribution in [-0.2, 0) is 0 Å². The van der Waals surface area contributed by atoms with Gasteiger partial charge in [-0.25, -0.2) is 0 Å². The highest BCUT2D eigenvalue weighted by atomic mass is 35.5. The molecule has 2 fully saturated rings. The number of aliphatic hydroxyl groups is 1. The minimum Gasteiger partial charge on any atom is -0.389 e. The van der Waals surface area contributed by atoms with Crippen molar-refractivity contribution in [2.45, 2.75) is 43.6 Å². The monoisotopic (exact) mass is 322 g/mol. The van der Waals surface area contributed by atoms with E-state index >= 15 is 0 Å². The summed E-state index contributed by atoms with van der Waals surface area (Å²) in [5.41, 5.74) is 0.615. The molecule has 1 aliphatic carbocycles. The fourth-order valence-electron chi connectivity index (χ4n) is 3.97. The highest BCUT2D eigenvalue weighted by molar-refractivity contribution is 6.30. The number of hydrogen-bond acceptors (Lipinski definition) is 3. The second kappa shape index (κ2) is 7.31. The molecule has 122 valence electrons. The molecule has 1 aliphatic heterocycles. The number of hydrogen-bond donors (Lipinski definition) is 2. The van der Waals surface area contributed by atoms with Crippen molar-refractivity contribution in [3.63, 3.8) is 0 Å². The standard InChI is InChI=1S/C18H27ClN2O/c19-16-6-4-5-15(13-16)17(14-21-11-9-20-10-12-21)18(22)7-2-1-3-8-18/h4-6,13,17,20,22H,1-3,7-12,14H2/t17-/m1/s1. The summed E-state index contributed by atoms with van der Waals surface area (Å²) < 4.78 is 0. The Kier molecular flexibility index (Phi) is 5.40. The van der Waals surface area contributed by atoms with E-state index in [2.05, 4.69) is 16.3 Å². The number of rotatable bonds is 4. The van der Waals surface area contributed by atoms with Crippen molar-refractivity contribution < 1.29 is 5.11 Å². The molecule has 3 rings (SSSR count). The van der Waals surface area contributed by atoms with Crippen molar-refractivity contribution in [3.8, 4) is 0 Å². The molecule has 1 atom stereocenters. The molecule has 0 bridgehead atoms. The molecule has 0 unspecified atom stereocenters. The number of nitrogens with zero attached hydrogens (tertiary/aromatic N) is 1. The maximum Gasteiger partial charge on any atom is 0.0728 e. The third kappa shape index (κ3) is 3.83. The molecule has 4 heteroatoms. The maximum absolute atomic E-state index is 11.3. The van der Waals surface area contributed by atoms with Crippen LogP contribution in [0.5, 0.6) is 0 Å². The molecular formula is C18H27ClN2O. The third-order valence-corrected chi connectivity index (χ3v) is 5.50. The van der Waals surface area contributed by atoms with E-state index in [9.17, 15) is 5.11 Å². The van der Waals surface area contributed by atoms with E-state index in [-0.39, 0.29) is 5.92 Å². The summed E-state index contributed by atoms with van der Waals surface area (Å²) in [6, 6.07) is 8.10. The molecule has 2 N–H and O–H groups in total. The van der Waals surface area contributed by atoms with E-state index in [1.807, 2.05) is 18.2 Å². The Hall–Kier alpha value is -0.610. The second-order valence-electron chi connectivity index (χ2n) is 6.82. The van der Waals surface area contributed by atoms with Crippen LogP contribution >= 0.6 is 11.6 Å². The average Bonchev–Trinajstić information content (AvgIpc) is 2.54. The predicted octanol–water partition coefficient (Wildman–Crippen LogP) is 3.02. The first-order chi connectivity index (χ1) is 10.7. The van der Waals surface area contributed by atoms with Crippen LogP contribution in [-0.4, -0.2) is 48.3 Å². The molecule has 22 heavy (non-hydrogen) atoms. The van der Waals surface area contributed by atoms with Gasteiger partial charge in [0.05, 0.1) is 5.60 Å². The molecule has 0 radical (unpaired) electrons. The molecule has 1 heterocycles. The van der Waals surface area contributed by atoms with Crippen LogP contribution in [0.25, 0.3) is 0 Å². The highest BCUT2D eigenvalue weighted by Gasteiger charge is 2.39. The minimum absolute atomic E-state index is 0.157. The zero-order valence-corrected chi connectivity index (χ0v) is 14.0. The molecule has 0 aromatic heterocycles. The van der Waals surface area contributed by atoms with Gasteiger partial charge in [0.15, 0.2) is 0 Å². The molecule has 0 amide bonds. The van der Waals surface area contributed by atoms with Crippen LogP contribution in [0, 0.1) is 0 Å². The van der Waals surface area contributed by atoms with E-state index in [1.165, 1.54) is 12.0 Å². The molecule has 0 spiro atoms. The van der Waals surface area contributed by atoms with Gasteiger partial charge in [0.2, 0.25) is 0 Å². The van der Waals surface area contributed by atoms with Crippen molar-refractivity contribution in [2.75, 3.05) is 32.7 Å². The fraction of sp³-hybridized carbons (Fsp3) is 0.667. The van der Waals surface area contributed by atoms with E-state index in [4.69, 9.17) is 11.6 Å².